The van der Waals surface area contributed by atoms with Crippen LogP contribution in [0.15, 0.2) is 41.9 Å². The molecule has 2 aromatic heterocycles. The molecule has 1 N–H and O–H groups in total. The highest BCUT2D eigenvalue weighted by Gasteiger charge is 2.29. The minimum Gasteiger partial charge on any atom is -0.361 e. The van der Waals surface area contributed by atoms with Crippen LogP contribution in [0.4, 0.5) is 0 Å². The molecule has 0 spiro atoms. The van der Waals surface area contributed by atoms with E-state index in [0.29, 0.717) is 6.42 Å². The Balaban J connectivity index is 1.48. The third kappa shape index (κ3) is 2.65. The summed E-state index contributed by atoms with van der Waals surface area (Å²) in [6.45, 7) is 3.04. The molecule has 4 rings (SSSR count). The van der Waals surface area contributed by atoms with Crippen LogP contribution in [0, 0.1) is 0 Å². The van der Waals surface area contributed by atoms with Gasteiger partial charge in [0.2, 0.25) is 5.91 Å². The Hall–Kier alpha value is -2.07. The standard InChI is InChI=1S/C20H22N2OS/c1-2-18-16-10-12-24-19(16)9-11-22(18)20(23)8-7-14-13-21-17-6-4-3-5-15(14)17/h3-6,10,12-13,18,21H,2,7-9,11H2,1H3. The SMILES string of the molecule is CCC1c2ccsc2CCN1C(=O)CCc1c[nH]c2ccccc12. The third-order valence-electron chi connectivity index (χ3n) is 5.09. The van der Waals surface area contributed by atoms with E-state index in [9.17, 15) is 4.79 Å². The molecular weight excluding hydrogens is 316 g/mol. The second kappa shape index (κ2) is 6.44. The number of carbonyl (C=O) groups is 1. The van der Waals surface area contributed by atoms with Gasteiger partial charge in [-0.25, -0.2) is 0 Å². The van der Waals surface area contributed by atoms with E-state index in [1.54, 1.807) is 0 Å². The highest BCUT2D eigenvalue weighted by atomic mass is 32.1. The molecule has 0 saturated carbocycles. The molecular formula is C20H22N2OS. The van der Waals surface area contributed by atoms with Crippen LogP contribution in [0.2, 0.25) is 0 Å². The lowest BCUT2D eigenvalue weighted by Crippen LogP contribution is -2.39. The minimum absolute atomic E-state index is 0.260. The van der Waals surface area contributed by atoms with Crippen molar-refractivity contribution in [3.8, 4) is 0 Å². The van der Waals surface area contributed by atoms with Crippen molar-refractivity contribution in [2.75, 3.05) is 6.54 Å². The van der Waals surface area contributed by atoms with Crippen molar-refractivity contribution < 1.29 is 4.79 Å². The highest BCUT2D eigenvalue weighted by Crippen LogP contribution is 2.35. The molecule has 3 heterocycles. The van der Waals surface area contributed by atoms with Gasteiger partial charge in [-0.15, -0.1) is 11.3 Å². The molecule has 0 radical (unpaired) electrons. The molecule has 3 aromatic rings. The normalized spacial score (nSPS) is 17.2. The number of hydrogen-bond acceptors (Lipinski definition) is 2. The summed E-state index contributed by atoms with van der Waals surface area (Å²) in [5.74, 6) is 0.281. The number of rotatable bonds is 4. The maximum absolute atomic E-state index is 12.8. The van der Waals surface area contributed by atoms with E-state index >= 15 is 0 Å². The fourth-order valence-corrected chi connectivity index (χ4v) is 4.79. The first-order valence-corrected chi connectivity index (χ1v) is 9.56. The summed E-state index contributed by atoms with van der Waals surface area (Å²) < 4.78 is 0. The van der Waals surface area contributed by atoms with Crippen molar-refractivity contribution in [2.24, 2.45) is 0 Å². The largest absolute Gasteiger partial charge is 0.361 e. The summed E-state index contributed by atoms with van der Waals surface area (Å²) in [7, 11) is 0. The number of amides is 1. The zero-order valence-electron chi connectivity index (χ0n) is 13.9. The first-order valence-electron chi connectivity index (χ1n) is 8.68. The lowest BCUT2D eigenvalue weighted by atomic mass is 9.97. The van der Waals surface area contributed by atoms with Crippen LogP contribution < -0.4 is 0 Å². The molecule has 3 nitrogen and oxygen atoms in total. The monoisotopic (exact) mass is 338 g/mol. The quantitative estimate of drug-likeness (QED) is 0.735. The fourth-order valence-electron chi connectivity index (χ4n) is 3.86. The van der Waals surface area contributed by atoms with Gasteiger partial charge in [-0.2, -0.15) is 0 Å². The topological polar surface area (TPSA) is 36.1 Å². The van der Waals surface area contributed by atoms with Crippen LogP contribution in [0.1, 0.15) is 41.8 Å². The van der Waals surface area contributed by atoms with Crippen molar-refractivity contribution in [1.29, 1.82) is 0 Å². The van der Waals surface area contributed by atoms with Crippen molar-refractivity contribution >= 4 is 28.1 Å². The predicted octanol–water partition coefficient (Wildman–Crippen LogP) is 4.70. The van der Waals surface area contributed by atoms with Crippen molar-refractivity contribution in [2.45, 2.75) is 38.6 Å². The second-order valence-corrected chi connectivity index (χ2v) is 7.42. The van der Waals surface area contributed by atoms with Gasteiger partial charge in [0, 0.05) is 34.9 Å². The lowest BCUT2D eigenvalue weighted by Gasteiger charge is -2.35. The molecule has 1 atom stereocenters. The Morgan fingerprint density at radius 1 is 1.33 bits per heavy atom. The molecule has 1 aromatic carbocycles. The number of thiophene rings is 1. The van der Waals surface area contributed by atoms with Gasteiger partial charge in [-0.3, -0.25) is 4.79 Å². The van der Waals surface area contributed by atoms with E-state index in [0.717, 1.165) is 31.3 Å². The zero-order valence-corrected chi connectivity index (χ0v) is 14.7. The summed E-state index contributed by atoms with van der Waals surface area (Å²) >= 11 is 1.83. The van der Waals surface area contributed by atoms with Crippen molar-refractivity contribution in [3.63, 3.8) is 0 Å². The molecule has 24 heavy (non-hydrogen) atoms. The summed E-state index contributed by atoms with van der Waals surface area (Å²) in [5.41, 5.74) is 3.75. The van der Waals surface area contributed by atoms with E-state index in [1.807, 2.05) is 23.6 Å². The van der Waals surface area contributed by atoms with Crippen LogP contribution >= 0.6 is 11.3 Å². The predicted molar refractivity (Wildman–Crippen MR) is 99.4 cm³/mol. The van der Waals surface area contributed by atoms with Crippen LogP contribution in [0.25, 0.3) is 10.9 Å². The minimum atomic E-state index is 0.260. The first-order chi connectivity index (χ1) is 11.8. The van der Waals surface area contributed by atoms with E-state index in [-0.39, 0.29) is 11.9 Å². The number of aromatic nitrogens is 1. The van der Waals surface area contributed by atoms with Gasteiger partial charge in [-0.1, -0.05) is 25.1 Å². The Morgan fingerprint density at radius 2 is 2.21 bits per heavy atom. The third-order valence-corrected chi connectivity index (χ3v) is 6.08. The number of benzene rings is 1. The van der Waals surface area contributed by atoms with Gasteiger partial charge in [0.1, 0.15) is 0 Å². The van der Waals surface area contributed by atoms with E-state index in [2.05, 4.69) is 46.5 Å². The molecule has 0 aliphatic carbocycles. The molecule has 1 aliphatic rings. The van der Waals surface area contributed by atoms with Gasteiger partial charge in [0.15, 0.2) is 0 Å². The average molecular weight is 338 g/mol. The van der Waals surface area contributed by atoms with E-state index in [4.69, 9.17) is 0 Å². The number of H-pyrrole nitrogens is 1. The van der Waals surface area contributed by atoms with Gasteiger partial charge in [0.25, 0.3) is 0 Å². The fraction of sp³-hybridized carbons (Fsp3) is 0.350. The summed E-state index contributed by atoms with van der Waals surface area (Å²) in [5, 5.41) is 3.39. The van der Waals surface area contributed by atoms with Gasteiger partial charge in [-0.05, 0) is 47.9 Å². The zero-order chi connectivity index (χ0) is 16.5. The Bertz CT molecular complexity index is 863. The number of nitrogens with zero attached hydrogens (tertiary/aromatic N) is 1. The number of aromatic amines is 1. The van der Waals surface area contributed by atoms with Crippen molar-refractivity contribution in [3.05, 3.63) is 57.9 Å². The molecule has 0 fully saturated rings. The van der Waals surface area contributed by atoms with E-state index < -0.39 is 0 Å². The molecule has 124 valence electrons. The molecule has 1 unspecified atom stereocenters. The second-order valence-electron chi connectivity index (χ2n) is 6.42. The molecule has 1 amide bonds. The van der Waals surface area contributed by atoms with Gasteiger partial charge >= 0.3 is 0 Å². The number of para-hydroxylation sites is 1. The smallest absolute Gasteiger partial charge is 0.223 e. The summed E-state index contributed by atoms with van der Waals surface area (Å²) in [4.78, 5) is 19.7. The Morgan fingerprint density at radius 3 is 3.08 bits per heavy atom. The number of nitrogens with one attached hydrogen (secondary N) is 1. The average Bonchev–Trinajstić information content (AvgIpc) is 3.25. The van der Waals surface area contributed by atoms with Crippen LogP contribution in [-0.2, 0) is 17.6 Å². The number of hydrogen-bond donors (Lipinski definition) is 1. The summed E-state index contributed by atoms with van der Waals surface area (Å²) in [6.07, 6.45) is 5.41. The summed E-state index contributed by atoms with van der Waals surface area (Å²) in [6, 6.07) is 10.8. The Kier molecular flexibility index (Phi) is 4.15. The maximum atomic E-state index is 12.8. The molecule has 0 saturated heterocycles. The molecule has 1 aliphatic heterocycles. The highest BCUT2D eigenvalue weighted by molar-refractivity contribution is 7.10. The number of fused-ring (bicyclic) bond motifs is 2. The van der Waals surface area contributed by atoms with Crippen LogP contribution in [0.5, 0.6) is 0 Å². The molecule has 0 bridgehead atoms. The number of carbonyl (C=O) groups excluding carboxylic acids is 1. The maximum Gasteiger partial charge on any atom is 0.223 e. The Labute approximate surface area is 146 Å². The first kappa shape index (κ1) is 15.5. The lowest BCUT2D eigenvalue weighted by molar-refractivity contribution is -0.134. The van der Waals surface area contributed by atoms with Gasteiger partial charge < -0.3 is 9.88 Å². The van der Waals surface area contributed by atoms with Crippen molar-refractivity contribution in [1.82, 2.24) is 9.88 Å². The molecule has 4 heteroatoms. The number of aryl methyl sites for hydroxylation is 1. The van der Waals surface area contributed by atoms with E-state index in [1.165, 1.54) is 21.4 Å². The van der Waals surface area contributed by atoms with Crippen LogP contribution in [-0.4, -0.2) is 22.3 Å². The van der Waals surface area contributed by atoms with Gasteiger partial charge in [0.05, 0.1) is 6.04 Å². The van der Waals surface area contributed by atoms with Crippen LogP contribution in [0.3, 0.4) is 0 Å².